The molecule has 0 spiro atoms. The van der Waals surface area contributed by atoms with Gasteiger partial charge in [0.25, 0.3) is 5.91 Å². The van der Waals surface area contributed by atoms with Crippen molar-refractivity contribution in [1.29, 1.82) is 0 Å². The monoisotopic (exact) mass is 370 g/mol. The van der Waals surface area contributed by atoms with Gasteiger partial charge in [0.15, 0.2) is 0 Å². The highest BCUT2D eigenvalue weighted by molar-refractivity contribution is 6.09. The van der Waals surface area contributed by atoms with E-state index < -0.39 is 23.3 Å². The Balaban J connectivity index is 0.00000225. The SMILES string of the molecule is CC1(c2ccc(F)cc2)NC(=O)N(CC(=O)NCC2CNC2)C1=O.Cl. The molecule has 1 unspecified atom stereocenters. The van der Waals surface area contributed by atoms with Crippen LogP contribution in [0.4, 0.5) is 9.18 Å². The average molecular weight is 371 g/mol. The molecule has 1 aromatic rings. The van der Waals surface area contributed by atoms with E-state index in [4.69, 9.17) is 0 Å². The Morgan fingerprint density at radius 1 is 1.32 bits per heavy atom. The van der Waals surface area contributed by atoms with E-state index in [1.54, 1.807) is 6.92 Å². The molecule has 1 atom stereocenters. The third-order valence-corrected chi connectivity index (χ3v) is 4.45. The maximum atomic E-state index is 13.1. The highest BCUT2D eigenvalue weighted by Gasteiger charge is 2.49. The minimum Gasteiger partial charge on any atom is -0.354 e. The largest absolute Gasteiger partial charge is 0.354 e. The zero-order chi connectivity index (χ0) is 17.3. The first kappa shape index (κ1) is 19.1. The quantitative estimate of drug-likeness (QED) is 0.652. The van der Waals surface area contributed by atoms with Gasteiger partial charge >= 0.3 is 6.03 Å². The molecular formula is C16H20ClFN4O3. The number of carbonyl (C=O) groups excluding carboxylic acids is 3. The summed E-state index contributed by atoms with van der Waals surface area (Å²) in [6, 6.07) is 4.71. The van der Waals surface area contributed by atoms with Crippen LogP contribution in [0.5, 0.6) is 0 Å². The zero-order valence-corrected chi connectivity index (χ0v) is 14.5. The molecule has 0 radical (unpaired) electrons. The Bertz CT molecular complexity index is 680. The molecule has 0 aromatic heterocycles. The van der Waals surface area contributed by atoms with Crippen LogP contribution in [-0.4, -0.2) is 48.9 Å². The summed E-state index contributed by atoms with van der Waals surface area (Å²) in [4.78, 5) is 37.6. The van der Waals surface area contributed by atoms with Crippen LogP contribution in [0.25, 0.3) is 0 Å². The predicted molar refractivity (Wildman–Crippen MR) is 90.6 cm³/mol. The number of halogens is 2. The van der Waals surface area contributed by atoms with Gasteiger partial charge in [0, 0.05) is 25.6 Å². The third-order valence-electron chi connectivity index (χ3n) is 4.45. The van der Waals surface area contributed by atoms with E-state index >= 15 is 0 Å². The average Bonchev–Trinajstić information content (AvgIpc) is 2.71. The lowest BCUT2D eigenvalue weighted by molar-refractivity contribution is -0.134. The van der Waals surface area contributed by atoms with Crippen molar-refractivity contribution in [2.75, 3.05) is 26.2 Å². The van der Waals surface area contributed by atoms with Crippen molar-refractivity contribution in [2.45, 2.75) is 12.5 Å². The lowest BCUT2D eigenvalue weighted by atomic mass is 9.92. The standard InChI is InChI=1S/C16H19FN4O3.ClH/c1-16(11-2-4-12(17)5-3-11)14(23)21(15(24)20-16)9-13(22)19-8-10-6-18-7-10;/h2-5,10,18H,6-9H2,1H3,(H,19,22)(H,20,24);1H. The van der Waals surface area contributed by atoms with Gasteiger partial charge in [-0.2, -0.15) is 0 Å². The second kappa shape index (κ2) is 7.37. The van der Waals surface area contributed by atoms with Gasteiger partial charge in [-0.3, -0.25) is 14.5 Å². The van der Waals surface area contributed by atoms with Gasteiger partial charge in [0.2, 0.25) is 5.91 Å². The van der Waals surface area contributed by atoms with Crippen molar-refractivity contribution in [2.24, 2.45) is 5.92 Å². The predicted octanol–water partition coefficient (Wildman–Crippen LogP) is 0.350. The number of hydrogen-bond acceptors (Lipinski definition) is 4. The third kappa shape index (κ3) is 3.74. The molecule has 3 rings (SSSR count). The Kier molecular flexibility index (Phi) is 5.64. The lowest BCUT2D eigenvalue weighted by Gasteiger charge is -2.27. The smallest absolute Gasteiger partial charge is 0.325 e. The molecule has 136 valence electrons. The van der Waals surface area contributed by atoms with Crippen molar-refractivity contribution < 1.29 is 18.8 Å². The first-order valence-corrected chi connectivity index (χ1v) is 7.78. The van der Waals surface area contributed by atoms with E-state index in [0.29, 0.717) is 18.0 Å². The van der Waals surface area contributed by atoms with Crippen LogP contribution in [0.1, 0.15) is 12.5 Å². The topological polar surface area (TPSA) is 90.5 Å². The van der Waals surface area contributed by atoms with Crippen LogP contribution < -0.4 is 16.0 Å². The summed E-state index contributed by atoms with van der Waals surface area (Å²) in [7, 11) is 0. The summed E-state index contributed by atoms with van der Waals surface area (Å²) in [5.74, 6) is -0.948. The number of imide groups is 1. The fourth-order valence-electron chi connectivity index (χ4n) is 2.77. The number of urea groups is 1. The number of carbonyl (C=O) groups is 3. The van der Waals surface area contributed by atoms with Crippen molar-refractivity contribution >= 4 is 30.3 Å². The molecule has 0 saturated carbocycles. The Morgan fingerprint density at radius 2 is 1.96 bits per heavy atom. The molecule has 0 aliphatic carbocycles. The van der Waals surface area contributed by atoms with E-state index in [1.807, 2.05) is 0 Å². The van der Waals surface area contributed by atoms with Crippen molar-refractivity contribution in [1.82, 2.24) is 20.9 Å². The lowest BCUT2D eigenvalue weighted by Crippen LogP contribution is -2.50. The van der Waals surface area contributed by atoms with Gasteiger partial charge in [-0.15, -0.1) is 12.4 Å². The Hall–Kier alpha value is -2.19. The fourth-order valence-corrected chi connectivity index (χ4v) is 2.77. The van der Waals surface area contributed by atoms with Gasteiger partial charge < -0.3 is 16.0 Å². The minimum atomic E-state index is -1.30. The molecule has 3 N–H and O–H groups in total. The van der Waals surface area contributed by atoms with Crippen molar-refractivity contribution in [3.63, 3.8) is 0 Å². The summed E-state index contributed by atoms with van der Waals surface area (Å²) >= 11 is 0. The van der Waals surface area contributed by atoms with Crippen LogP contribution in [0.15, 0.2) is 24.3 Å². The van der Waals surface area contributed by atoms with E-state index in [9.17, 15) is 18.8 Å². The second-order valence-electron chi connectivity index (χ2n) is 6.28. The molecule has 4 amide bonds. The van der Waals surface area contributed by atoms with Crippen LogP contribution in [0.2, 0.25) is 0 Å². The van der Waals surface area contributed by atoms with Gasteiger partial charge in [0.1, 0.15) is 17.9 Å². The number of benzene rings is 1. The Morgan fingerprint density at radius 3 is 2.52 bits per heavy atom. The van der Waals surface area contributed by atoms with Gasteiger partial charge in [-0.1, -0.05) is 12.1 Å². The van der Waals surface area contributed by atoms with Crippen molar-refractivity contribution in [3.8, 4) is 0 Å². The molecule has 2 aliphatic heterocycles. The van der Waals surface area contributed by atoms with E-state index in [-0.39, 0.29) is 24.9 Å². The van der Waals surface area contributed by atoms with Gasteiger partial charge in [-0.05, 0) is 24.6 Å². The van der Waals surface area contributed by atoms with Gasteiger partial charge in [-0.25, -0.2) is 9.18 Å². The molecular weight excluding hydrogens is 351 g/mol. The second-order valence-corrected chi connectivity index (χ2v) is 6.28. The van der Waals surface area contributed by atoms with Crippen LogP contribution >= 0.6 is 12.4 Å². The number of nitrogens with one attached hydrogen (secondary N) is 3. The molecule has 9 heteroatoms. The number of hydrogen-bond donors (Lipinski definition) is 3. The van der Waals surface area contributed by atoms with Crippen LogP contribution in [0.3, 0.4) is 0 Å². The summed E-state index contributed by atoms with van der Waals surface area (Å²) < 4.78 is 13.1. The molecule has 2 saturated heterocycles. The molecule has 2 aliphatic rings. The molecule has 7 nitrogen and oxygen atoms in total. The normalized spacial score (nSPS) is 22.9. The molecule has 25 heavy (non-hydrogen) atoms. The highest BCUT2D eigenvalue weighted by atomic mass is 35.5. The molecule has 1 aromatic carbocycles. The Labute approximate surface area is 150 Å². The molecule has 0 bridgehead atoms. The number of nitrogens with zero attached hydrogens (tertiary/aromatic N) is 1. The van der Waals surface area contributed by atoms with E-state index in [1.165, 1.54) is 24.3 Å². The highest BCUT2D eigenvalue weighted by Crippen LogP contribution is 2.28. The fraction of sp³-hybridized carbons (Fsp3) is 0.438. The van der Waals surface area contributed by atoms with Crippen LogP contribution in [-0.2, 0) is 15.1 Å². The maximum absolute atomic E-state index is 13.1. The summed E-state index contributed by atoms with van der Waals surface area (Å²) in [6.07, 6.45) is 0. The maximum Gasteiger partial charge on any atom is 0.325 e. The summed E-state index contributed by atoms with van der Waals surface area (Å²) in [5, 5.41) is 8.41. The zero-order valence-electron chi connectivity index (χ0n) is 13.7. The minimum absolute atomic E-state index is 0. The molecule has 2 heterocycles. The summed E-state index contributed by atoms with van der Waals surface area (Å²) in [6.45, 7) is 3.43. The van der Waals surface area contributed by atoms with E-state index in [0.717, 1.165) is 18.0 Å². The first-order chi connectivity index (χ1) is 11.4. The molecule has 2 fully saturated rings. The first-order valence-electron chi connectivity index (χ1n) is 7.78. The van der Waals surface area contributed by atoms with Gasteiger partial charge in [0.05, 0.1) is 0 Å². The summed E-state index contributed by atoms with van der Waals surface area (Å²) in [5.41, 5.74) is -0.839. The van der Waals surface area contributed by atoms with Crippen LogP contribution in [0, 0.1) is 11.7 Å². The van der Waals surface area contributed by atoms with Crippen molar-refractivity contribution in [3.05, 3.63) is 35.6 Å². The number of amides is 4. The number of rotatable bonds is 5. The van der Waals surface area contributed by atoms with E-state index in [2.05, 4.69) is 16.0 Å².